The topological polar surface area (TPSA) is 46.3 Å². The lowest BCUT2D eigenvalue weighted by molar-refractivity contribution is 0.0784. The highest BCUT2D eigenvalue weighted by Gasteiger charge is 2.16. The highest BCUT2D eigenvalue weighted by molar-refractivity contribution is 9.10. The number of nitrogen functional groups attached to an aromatic ring is 1. The minimum Gasteiger partial charge on any atom is -0.398 e. The Morgan fingerprint density at radius 2 is 1.90 bits per heavy atom. The molecule has 0 heterocycles. The molecule has 0 aliphatic carbocycles. The number of nitrogens with zero attached hydrogens (tertiary/aromatic N) is 1. The van der Waals surface area contributed by atoms with Crippen molar-refractivity contribution in [3.63, 3.8) is 0 Å². The summed E-state index contributed by atoms with van der Waals surface area (Å²) in [5.41, 5.74) is 9.09. The number of anilines is 1. The summed E-state index contributed by atoms with van der Waals surface area (Å²) in [6.07, 6.45) is 0. The zero-order chi connectivity index (χ0) is 14.7. The summed E-state index contributed by atoms with van der Waals surface area (Å²) in [4.78, 5) is 14.2. The van der Waals surface area contributed by atoms with Gasteiger partial charge in [-0.25, -0.2) is 0 Å². The van der Waals surface area contributed by atoms with E-state index in [9.17, 15) is 4.79 Å². The first-order valence-corrected chi connectivity index (χ1v) is 7.13. The van der Waals surface area contributed by atoms with Crippen LogP contribution in [0.3, 0.4) is 0 Å². The molecule has 0 unspecified atom stereocenters. The third-order valence-corrected chi connectivity index (χ3v) is 3.71. The van der Waals surface area contributed by atoms with Crippen molar-refractivity contribution in [3.05, 3.63) is 63.6 Å². The minimum atomic E-state index is -0.0284. The number of hydrogen-bond acceptors (Lipinski definition) is 2. The maximum atomic E-state index is 12.5. The van der Waals surface area contributed by atoms with Gasteiger partial charge in [0.15, 0.2) is 0 Å². The Morgan fingerprint density at radius 1 is 1.25 bits per heavy atom. The summed E-state index contributed by atoms with van der Waals surface area (Å²) in [5.74, 6) is -0.0284. The summed E-state index contributed by atoms with van der Waals surface area (Å²) >= 11 is 3.38. The molecule has 1 amide bonds. The molecule has 0 saturated carbocycles. The van der Waals surface area contributed by atoms with Gasteiger partial charge in [-0.3, -0.25) is 4.79 Å². The first kappa shape index (κ1) is 14.6. The number of carbonyl (C=O) groups excluding carboxylic acids is 1. The maximum absolute atomic E-state index is 12.5. The molecule has 4 heteroatoms. The standard InChI is InChI=1S/C16H17BrN2O/c1-11-14(8-13(17)9-15(11)18)16(20)19(2)10-12-6-4-3-5-7-12/h3-9H,10,18H2,1-2H3. The van der Waals surface area contributed by atoms with Crippen molar-refractivity contribution < 1.29 is 4.79 Å². The van der Waals surface area contributed by atoms with E-state index in [0.717, 1.165) is 15.6 Å². The monoisotopic (exact) mass is 332 g/mol. The molecule has 0 aliphatic rings. The van der Waals surface area contributed by atoms with Gasteiger partial charge in [0.2, 0.25) is 0 Å². The highest BCUT2D eigenvalue weighted by Crippen LogP contribution is 2.24. The summed E-state index contributed by atoms with van der Waals surface area (Å²) in [6.45, 7) is 2.44. The molecule has 0 aliphatic heterocycles. The second-order valence-electron chi connectivity index (χ2n) is 4.81. The van der Waals surface area contributed by atoms with Gasteiger partial charge < -0.3 is 10.6 Å². The molecule has 2 N–H and O–H groups in total. The summed E-state index contributed by atoms with van der Waals surface area (Å²) < 4.78 is 0.817. The van der Waals surface area contributed by atoms with Gasteiger partial charge in [-0.1, -0.05) is 46.3 Å². The molecule has 2 aromatic rings. The van der Waals surface area contributed by atoms with E-state index in [4.69, 9.17) is 5.73 Å². The first-order chi connectivity index (χ1) is 9.49. The molecular weight excluding hydrogens is 316 g/mol. The Morgan fingerprint density at radius 3 is 2.55 bits per heavy atom. The van der Waals surface area contributed by atoms with Gasteiger partial charge in [-0.15, -0.1) is 0 Å². The number of hydrogen-bond donors (Lipinski definition) is 1. The zero-order valence-electron chi connectivity index (χ0n) is 11.6. The van der Waals surface area contributed by atoms with Gasteiger partial charge >= 0.3 is 0 Å². The number of nitrogens with two attached hydrogens (primary N) is 1. The van der Waals surface area contributed by atoms with E-state index < -0.39 is 0 Å². The van der Waals surface area contributed by atoms with Gasteiger partial charge in [0.1, 0.15) is 0 Å². The van der Waals surface area contributed by atoms with Crippen LogP contribution in [0.4, 0.5) is 5.69 Å². The van der Waals surface area contributed by atoms with E-state index in [0.29, 0.717) is 17.8 Å². The molecule has 2 rings (SSSR count). The molecule has 104 valence electrons. The number of amides is 1. The molecule has 0 spiro atoms. The smallest absolute Gasteiger partial charge is 0.254 e. The molecule has 0 bridgehead atoms. The molecule has 0 fully saturated rings. The van der Waals surface area contributed by atoms with E-state index in [1.165, 1.54) is 0 Å². The molecule has 2 aromatic carbocycles. The Balaban J connectivity index is 2.23. The van der Waals surface area contributed by atoms with Crippen molar-refractivity contribution in [2.24, 2.45) is 0 Å². The van der Waals surface area contributed by atoms with Crippen molar-refractivity contribution in [2.75, 3.05) is 12.8 Å². The van der Waals surface area contributed by atoms with Crippen LogP contribution in [-0.2, 0) is 6.54 Å². The van der Waals surface area contributed by atoms with E-state index >= 15 is 0 Å². The predicted molar refractivity (Wildman–Crippen MR) is 85.5 cm³/mol. The number of halogens is 1. The summed E-state index contributed by atoms with van der Waals surface area (Å²) in [6, 6.07) is 13.5. The Hall–Kier alpha value is -1.81. The lowest BCUT2D eigenvalue weighted by Gasteiger charge is -2.19. The largest absolute Gasteiger partial charge is 0.398 e. The third kappa shape index (κ3) is 3.20. The zero-order valence-corrected chi connectivity index (χ0v) is 13.1. The average molecular weight is 333 g/mol. The van der Waals surface area contributed by atoms with Crippen LogP contribution in [0.25, 0.3) is 0 Å². The van der Waals surface area contributed by atoms with Gasteiger partial charge in [-0.05, 0) is 30.2 Å². The molecule has 20 heavy (non-hydrogen) atoms. The minimum absolute atomic E-state index is 0.0284. The second-order valence-corrected chi connectivity index (χ2v) is 5.73. The van der Waals surface area contributed by atoms with Crippen LogP contribution >= 0.6 is 15.9 Å². The van der Waals surface area contributed by atoms with Crippen molar-refractivity contribution in [3.8, 4) is 0 Å². The second kappa shape index (κ2) is 6.09. The lowest BCUT2D eigenvalue weighted by Crippen LogP contribution is -2.27. The Labute approximate surface area is 127 Å². The Bertz CT molecular complexity index is 626. The fraction of sp³-hybridized carbons (Fsp3) is 0.188. The van der Waals surface area contributed by atoms with E-state index in [-0.39, 0.29) is 5.91 Å². The fourth-order valence-corrected chi connectivity index (χ4v) is 2.53. The van der Waals surface area contributed by atoms with E-state index in [2.05, 4.69) is 15.9 Å². The van der Waals surface area contributed by atoms with Crippen LogP contribution in [0, 0.1) is 6.92 Å². The molecule has 0 aromatic heterocycles. The van der Waals surface area contributed by atoms with Crippen LogP contribution in [0.5, 0.6) is 0 Å². The SMILES string of the molecule is Cc1c(N)cc(Br)cc1C(=O)N(C)Cc1ccccc1. The third-order valence-electron chi connectivity index (χ3n) is 3.25. The fourth-order valence-electron chi connectivity index (χ4n) is 2.06. The van der Waals surface area contributed by atoms with E-state index in [1.807, 2.05) is 49.4 Å². The van der Waals surface area contributed by atoms with Crippen molar-refractivity contribution in [2.45, 2.75) is 13.5 Å². The summed E-state index contributed by atoms with van der Waals surface area (Å²) in [5, 5.41) is 0. The van der Waals surface area contributed by atoms with Gasteiger partial charge in [0.05, 0.1) is 0 Å². The Kier molecular flexibility index (Phi) is 4.45. The molecule has 0 saturated heterocycles. The molecule has 0 radical (unpaired) electrons. The normalized spacial score (nSPS) is 10.3. The summed E-state index contributed by atoms with van der Waals surface area (Å²) in [7, 11) is 1.80. The van der Waals surface area contributed by atoms with Crippen molar-refractivity contribution in [1.29, 1.82) is 0 Å². The molecular formula is C16H17BrN2O. The van der Waals surface area contributed by atoms with Crippen LogP contribution in [0.2, 0.25) is 0 Å². The predicted octanol–water partition coefficient (Wildman–Crippen LogP) is 3.61. The average Bonchev–Trinajstić information content (AvgIpc) is 2.43. The number of rotatable bonds is 3. The van der Waals surface area contributed by atoms with Crippen molar-refractivity contribution in [1.82, 2.24) is 4.90 Å². The van der Waals surface area contributed by atoms with Crippen LogP contribution < -0.4 is 5.73 Å². The van der Waals surface area contributed by atoms with Gasteiger partial charge in [-0.2, -0.15) is 0 Å². The first-order valence-electron chi connectivity index (χ1n) is 6.34. The molecule has 3 nitrogen and oxygen atoms in total. The van der Waals surface area contributed by atoms with E-state index in [1.54, 1.807) is 11.9 Å². The number of carbonyl (C=O) groups is 1. The van der Waals surface area contributed by atoms with Crippen molar-refractivity contribution >= 4 is 27.5 Å². The van der Waals surface area contributed by atoms with Crippen LogP contribution in [0.15, 0.2) is 46.9 Å². The van der Waals surface area contributed by atoms with Crippen LogP contribution in [-0.4, -0.2) is 17.9 Å². The van der Waals surface area contributed by atoms with Crippen LogP contribution in [0.1, 0.15) is 21.5 Å². The maximum Gasteiger partial charge on any atom is 0.254 e. The number of benzene rings is 2. The lowest BCUT2D eigenvalue weighted by atomic mass is 10.1. The quantitative estimate of drug-likeness (QED) is 0.872. The van der Waals surface area contributed by atoms with Gasteiger partial charge in [0.25, 0.3) is 5.91 Å². The highest BCUT2D eigenvalue weighted by atomic mass is 79.9. The van der Waals surface area contributed by atoms with Gasteiger partial charge in [0, 0.05) is 29.3 Å². The molecule has 0 atom stereocenters.